The Hall–Kier alpha value is -2.99. The van der Waals surface area contributed by atoms with E-state index in [2.05, 4.69) is 21.6 Å². The molecular formula is C20H20FN3O2. The lowest BCUT2D eigenvalue weighted by Crippen LogP contribution is -2.00. The highest BCUT2D eigenvalue weighted by Crippen LogP contribution is 2.39. The zero-order valence-electron chi connectivity index (χ0n) is 14.4. The maximum Gasteiger partial charge on any atom is 0.132 e. The van der Waals surface area contributed by atoms with Crippen LogP contribution in [0.1, 0.15) is 6.42 Å². The lowest BCUT2D eigenvalue weighted by atomic mass is 10.2. The molecule has 0 saturated heterocycles. The van der Waals surface area contributed by atoms with Gasteiger partial charge in [0, 0.05) is 36.8 Å². The molecule has 1 aliphatic heterocycles. The van der Waals surface area contributed by atoms with Gasteiger partial charge < -0.3 is 14.8 Å². The van der Waals surface area contributed by atoms with Crippen LogP contribution in [-0.4, -0.2) is 30.5 Å². The molecule has 0 amide bonds. The highest BCUT2D eigenvalue weighted by atomic mass is 19.1. The van der Waals surface area contributed by atoms with E-state index in [4.69, 9.17) is 9.47 Å². The normalized spacial score (nSPS) is 11.3. The number of anilines is 2. The smallest absolute Gasteiger partial charge is 0.132 e. The Morgan fingerprint density at radius 3 is 2.81 bits per heavy atom. The van der Waals surface area contributed by atoms with E-state index in [0.29, 0.717) is 18.9 Å². The number of ether oxygens (including phenoxy) is 2. The summed E-state index contributed by atoms with van der Waals surface area (Å²) in [7, 11) is 1.69. The third-order valence-corrected chi connectivity index (χ3v) is 4.30. The molecule has 2 aromatic rings. The summed E-state index contributed by atoms with van der Waals surface area (Å²) in [6, 6.07) is 14.5. The predicted octanol–water partition coefficient (Wildman–Crippen LogP) is 4.90. The first-order valence-corrected chi connectivity index (χ1v) is 8.52. The minimum absolute atomic E-state index is 0.273. The summed E-state index contributed by atoms with van der Waals surface area (Å²) < 4.78 is 24.2. The summed E-state index contributed by atoms with van der Waals surface area (Å²) in [5.41, 5.74) is 2.71. The quantitative estimate of drug-likeness (QED) is 0.414. The number of nitrogens with one attached hydrogen (secondary N) is 3. The van der Waals surface area contributed by atoms with Crippen LogP contribution in [0.5, 0.6) is 5.75 Å². The fourth-order valence-corrected chi connectivity index (χ4v) is 3.08. The average molecular weight is 353 g/mol. The Bertz CT molecular complexity index is 992. The highest BCUT2D eigenvalue weighted by molar-refractivity contribution is 6.04. The molecule has 0 fully saturated rings. The van der Waals surface area contributed by atoms with Crippen LogP contribution < -0.4 is 10.1 Å². The minimum atomic E-state index is -0.273. The van der Waals surface area contributed by atoms with Gasteiger partial charge in [-0.3, -0.25) is 10.2 Å². The summed E-state index contributed by atoms with van der Waals surface area (Å²) in [4.78, 5) is 0. The van der Waals surface area contributed by atoms with Crippen molar-refractivity contribution in [2.45, 2.75) is 6.42 Å². The molecule has 3 N–H and O–H groups in total. The number of fused-ring (bicyclic) bond motifs is 3. The molecule has 0 saturated carbocycles. The second-order valence-electron chi connectivity index (χ2n) is 6.14. The summed E-state index contributed by atoms with van der Waals surface area (Å²) in [6.07, 6.45) is 0.854. The van der Waals surface area contributed by atoms with Gasteiger partial charge in [0.05, 0.1) is 12.3 Å². The summed E-state index contributed by atoms with van der Waals surface area (Å²) >= 11 is 0. The monoisotopic (exact) mass is 353 g/mol. The fraction of sp³-hybridized carbons (Fsp3) is 0.200. The first kappa shape index (κ1) is 16.5. The molecule has 6 heteroatoms. The lowest BCUT2D eigenvalue weighted by Gasteiger charge is -2.05. The van der Waals surface area contributed by atoms with Gasteiger partial charge in [0.1, 0.15) is 17.4 Å². The van der Waals surface area contributed by atoms with Gasteiger partial charge in [0.15, 0.2) is 0 Å². The van der Waals surface area contributed by atoms with Crippen molar-refractivity contribution in [1.29, 1.82) is 0 Å². The molecule has 0 radical (unpaired) electrons. The predicted molar refractivity (Wildman–Crippen MR) is 101 cm³/mol. The van der Waals surface area contributed by atoms with Crippen molar-refractivity contribution in [3.63, 3.8) is 0 Å². The van der Waals surface area contributed by atoms with E-state index in [1.165, 1.54) is 12.1 Å². The van der Waals surface area contributed by atoms with Gasteiger partial charge >= 0.3 is 0 Å². The van der Waals surface area contributed by atoms with Crippen molar-refractivity contribution >= 4 is 22.3 Å². The highest BCUT2D eigenvalue weighted by Gasteiger charge is 2.17. The molecule has 0 aromatic heterocycles. The zero-order chi connectivity index (χ0) is 17.9. The number of hydrogen-bond acceptors (Lipinski definition) is 3. The molecule has 0 unspecified atom stereocenters. The summed E-state index contributed by atoms with van der Waals surface area (Å²) in [5.74, 6) is 1.36. The molecule has 1 heterocycles. The number of methoxy groups -OCH3 is 1. The number of aromatic amines is 2. The molecule has 26 heavy (non-hydrogen) atoms. The van der Waals surface area contributed by atoms with Crippen molar-refractivity contribution in [3.8, 4) is 17.0 Å². The van der Waals surface area contributed by atoms with Crippen molar-refractivity contribution in [3.05, 3.63) is 54.3 Å². The van der Waals surface area contributed by atoms with Crippen LogP contribution in [0.25, 0.3) is 22.0 Å². The van der Waals surface area contributed by atoms with Crippen LogP contribution in [0, 0.1) is 5.82 Å². The van der Waals surface area contributed by atoms with E-state index in [1.54, 1.807) is 13.2 Å². The van der Waals surface area contributed by atoms with Crippen LogP contribution >= 0.6 is 0 Å². The van der Waals surface area contributed by atoms with E-state index in [9.17, 15) is 4.39 Å². The maximum atomic E-state index is 13.4. The van der Waals surface area contributed by atoms with Crippen molar-refractivity contribution in [2.24, 2.45) is 0 Å². The number of benzene rings is 2. The van der Waals surface area contributed by atoms with Crippen molar-refractivity contribution in [1.82, 2.24) is 10.2 Å². The standard InChI is InChI=1S/C20H20FN3O2/c1-25-8-3-9-26-16-6-7-17-13(10-16)11-18-19(17)23-24-20(18)22-15-5-2-4-14(21)12-15/h2,4-7,10-12,22-24H,3,8-9H2,1H3. The molecule has 134 valence electrons. The van der Waals surface area contributed by atoms with E-state index >= 15 is 0 Å². The van der Waals surface area contributed by atoms with Gasteiger partial charge in [-0.1, -0.05) is 6.07 Å². The van der Waals surface area contributed by atoms with E-state index in [0.717, 1.165) is 40.0 Å². The third-order valence-electron chi connectivity index (χ3n) is 4.30. The number of aromatic nitrogens is 2. The second kappa shape index (κ2) is 7.09. The Morgan fingerprint density at radius 1 is 1.04 bits per heavy atom. The first-order valence-electron chi connectivity index (χ1n) is 8.52. The van der Waals surface area contributed by atoms with Crippen molar-refractivity contribution in [2.75, 3.05) is 25.6 Å². The van der Waals surface area contributed by atoms with Gasteiger partial charge in [0.25, 0.3) is 0 Å². The maximum absolute atomic E-state index is 13.4. The number of halogens is 1. The van der Waals surface area contributed by atoms with E-state index in [-0.39, 0.29) is 5.82 Å². The molecule has 4 rings (SSSR count). The van der Waals surface area contributed by atoms with Gasteiger partial charge in [-0.05, 0) is 47.9 Å². The Labute approximate surface area is 150 Å². The minimum Gasteiger partial charge on any atom is -0.493 e. The van der Waals surface area contributed by atoms with Crippen molar-refractivity contribution < 1.29 is 13.9 Å². The number of H-pyrrole nitrogens is 2. The zero-order valence-corrected chi connectivity index (χ0v) is 14.4. The average Bonchev–Trinajstić information content (AvgIpc) is 3.18. The summed E-state index contributed by atoms with van der Waals surface area (Å²) in [5, 5.41) is 11.7. The Balaban J connectivity index is 1.58. The second-order valence-corrected chi connectivity index (χ2v) is 6.14. The number of rotatable bonds is 7. The molecule has 2 aromatic carbocycles. The Kier molecular flexibility index (Phi) is 4.50. The molecule has 0 bridgehead atoms. The lowest BCUT2D eigenvalue weighted by molar-refractivity contribution is 0.172. The van der Waals surface area contributed by atoms with E-state index < -0.39 is 0 Å². The molecule has 5 nitrogen and oxygen atoms in total. The third kappa shape index (κ3) is 3.23. The van der Waals surface area contributed by atoms with Crippen LogP contribution in [0.15, 0.2) is 48.5 Å². The van der Waals surface area contributed by atoms with Crippen LogP contribution in [0.3, 0.4) is 0 Å². The van der Waals surface area contributed by atoms with Crippen LogP contribution in [0.4, 0.5) is 15.9 Å². The van der Waals surface area contributed by atoms with Crippen LogP contribution in [0.2, 0.25) is 0 Å². The largest absolute Gasteiger partial charge is 0.493 e. The molecular weight excluding hydrogens is 333 g/mol. The fourth-order valence-electron chi connectivity index (χ4n) is 3.08. The van der Waals surface area contributed by atoms with E-state index in [1.807, 2.05) is 24.3 Å². The Morgan fingerprint density at radius 2 is 1.96 bits per heavy atom. The molecule has 2 aliphatic rings. The van der Waals surface area contributed by atoms with Crippen LogP contribution in [-0.2, 0) is 4.74 Å². The number of hydrogen-bond donors (Lipinski definition) is 3. The topological polar surface area (TPSA) is 62.1 Å². The summed E-state index contributed by atoms with van der Waals surface area (Å²) in [6.45, 7) is 1.31. The van der Waals surface area contributed by atoms with Gasteiger partial charge in [-0.15, -0.1) is 0 Å². The molecule has 0 spiro atoms. The van der Waals surface area contributed by atoms with Gasteiger partial charge in [-0.2, -0.15) is 0 Å². The molecule has 0 atom stereocenters. The van der Waals surface area contributed by atoms with Gasteiger partial charge in [0.2, 0.25) is 0 Å². The van der Waals surface area contributed by atoms with Gasteiger partial charge in [-0.25, -0.2) is 4.39 Å². The SMILES string of the molecule is COCCCOc1ccc2c3[nH][nH]c(Nc4cccc(F)c4)c-3cc2c1. The first-order chi connectivity index (χ1) is 12.7. The molecule has 1 aliphatic carbocycles.